The lowest BCUT2D eigenvalue weighted by atomic mass is 10.3. The summed E-state index contributed by atoms with van der Waals surface area (Å²) >= 11 is 3.31. The highest BCUT2D eigenvalue weighted by Crippen LogP contribution is 2.19. The van der Waals surface area contributed by atoms with E-state index in [1.54, 1.807) is 10.9 Å². The smallest absolute Gasteiger partial charge is 0.136 e. The molecule has 0 bridgehead atoms. The van der Waals surface area contributed by atoms with Crippen molar-refractivity contribution in [1.29, 1.82) is 0 Å². The summed E-state index contributed by atoms with van der Waals surface area (Å²) in [5.41, 5.74) is 5.80. The van der Waals surface area contributed by atoms with Gasteiger partial charge >= 0.3 is 0 Å². The van der Waals surface area contributed by atoms with Crippen LogP contribution in [0.5, 0.6) is 0 Å². The van der Waals surface area contributed by atoms with Crippen LogP contribution in [0.25, 0.3) is 0 Å². The minimum atomic E-state index is 0.567. The lowest BCUT2D eigenvalue weighted by Crippen LogP contribution is -2.05. The van der Waals surface area contributed by atoms with Crippen molar-refractivity contribution in [3.8, 4) is 0 Å². The predicted octanol–water partition coefficient (Wildman–Crippen LogP) is 2.43. The number of nitrogen functional groups attached to an aromatic ring is 1. The first-order valence-electron chi connectivity index (χ1n) is 4.75. The normalized spacial score (nSPS) is 10.8. The molecular weight excluding hydrogens is 258 g/mol. The lowest BCUT2D eigenvalue weighted by molar-refractivity contribution is 0.449. The molecule has 0 aliphatic carbocycles. The fourth-order valence-corrected chi connectivity index (χ4v) is 1.64. The van der Waals surface area contributed by atoms with Crippen LogP contribution in [0, 0.1) is 0 Å². The van der Waals surface area contributed by atoms with E-state index in [0.717, 1.165) is 22.4 Å². The maximum atomic E-state index is 5.80. The summed E-state index contributed by atoms with van der Waals surface area (Å²) in [6.07, 6.45) is 2.58. The van der Waals surface area contributed by atoms with Crippen molar-refractivity contribution in [2.45, 2.75) is 19.9 Å². The first-order valence-corrected chi connectivity index (χ1v) is 5.54. The van der Waals surface area contributed by atoms with Crippen molar-refractivity contribution in [3.63, 3.8) is 0 Å². The number of hydrogen-bond acceptors (Lipinski definition) is 3. The molecule has 2 aromatic heterocycles. The SMILES string of the molecule is CCc1ccc(Cn2ncc(Br)c2N)o1. The second-order valence-corrected chi connectivity index (χ2v) is 4.11. The molecule has 0 aromatic carbocycles. The van der Waals surface area contributed by atoms with E-state index < -0.39 is 0 Å². The van der Waals surface area contributed by atoms with Gasteiger partial charge in [-0.15, -0.1) is 0 Å². The zero-order chi connectivity index (χ0) is 10.8. The zero-order valence-electron chi connectivity index (χ0n) is 8.40. The Morgan fingerprint density at radius 3 is 2.73 bits per heavy atom. The van der Waals surface area contributed by atoms with Crippen molar-refractivity contribution in [1.82, 2.24) is 9.78 Å². The molecule has 0 fully saturated rings. The zero-order valence-corrected chi connectivity index (χ0v) is 9.99. The number of halogens is 1. The van der Waals surface area contributed by atoms with E-state index in [-0.39, 0.29) is 0 Å². The van der Waals surface area contributed by atoms with Gasteiger partial charge in [-0.1, -0.05) is 6.92 Å². The third-order valence-electron chi connectivity index (χ3n) is 2.20. The molecule has 0 unspecified atom stereocenters. The van der Waals surface area contributed by atoms with Crippen LogP contribution in [0.2, 0.25) is 0 Å². The highest BCUT2D eigenvalue weighted by molar-refractivity contribution is 9.10. The fourth-order valence-electron chi connectivity index (χ4n) is 1.34. The average Bonchev–Trinajstić information content (AvgIpc) is 2.80. The standard InChI is InChI=1S/C10H12BrN3O/c1-2-7-3-4-8(15-7)6-14-10(12)9(11)5-13-14/h3-5H,2,6,12H2,1H3. The molecule has 2 aromatic rings. The Morgan fingerprint density at radius 1 is 1.47 bits per heavy atom. The quantitative estimate of drug-likeness (QED) is 0.931. The van der Waals surface area contributed by atoms with Gasteiger partial charge in [0.1, 0.15) is 23.9 Å². The Labute approximate surface area is 96.2 Å². The van der Waals surface area contributed by atoms with Crippen molar-refractivity contribution < 1.29 is 4.42 Å². The van der Waals surface area contributed by atoms with Gasteiger partial charge in [-0.25, -0.2) is 4.68 Å². The number of anilines is 1. The number of aromatic nitrogens is 2. The van der Waals surface area contributed by atoms with Crippen LogP contribution in [-0.4, -0.2) is 9.78 Å². The highest BCUT2D eigenvalue weighted by Gasteiger charge is 2.07. The second-order valence-electron chi connectivity index (χ2n) is 3.26. The largest absolute Gasteiger partial charge is 0.464 e. The summed E-state index contributed by atoms with van der Waals surface area (Å²) in [6.45, 7) is 2.62. The molecule has 80 valence electrons. The number of rotatable bonds is 3. The maximum Gasteiger partial charge on any atom is 0.136 e. The summed E-state index contributed by atoms with van der Waals surface area (Å²) in [6, 6.07) is 3.93. The Hall–Kier alpha value is -1.23. The van der Waals surface area contributed by atoms with Gasteiger partial charge in [0.2, 0.25) is 0 Å². The molecule has 15 heavy (non-hydrogen) atoms. The minimum absolute atomic E-state index is 0.567. The lowest BCUT2D eigenvalue weighted by Gasteiger charge is -2.01. The van der Waals surface area contributed by atoms with E-state index in [1.807, 2.05) is 12.1 Å². The van der Waals surface area contributed by atoms with Crippen LogP contribution in [-0.2, 0) is 13.0 Å². The topological polar surface area (TPSA) is 57.0 Å². The average molecular weight is 270 g/mol. The third-order valence-corrected chi connectivity index (χ3v) is 2.82. The summed E-state index contributed by atoms with van der Waals surface area (Å²) in [5, 5.41) is 4.13. The Kier molecular flexibility index (Phi) is 2.81. The number of hydrogen-bond donors (Lipinski definition) is 1. The Balaban J connectivity index is 2.18. The molecule has 0 amide bonds. The van der Waals surface area contributed by atoms with E-state index in [9.17, 15) is 0 Å². The number of aryl methyl sites for hydroxylation is 1. The van der Waals surface area contributed by atoms with Crippen LogP contribution in [0.4, 0.5) is 5.82 Å². The molecule has 2 heterocycles. The predicted molar refractivity (Wildman–Crippen MR) is 61.5 cm³/mol. The molecule has 4 nitrogen and oxygen atoms in total. The van der Waals surface area contributed by atoms with E-state index in [2.05, 4.69) is 28.0 Å². The number of nitrogens with two attached hydrogens (primary N) is 1. The van der Waals surface area contributed by atoms with Gasteiger partial charge in [-0.3, -0.25) is 0 Å². The van der Waals surface area contributed by atoms with Crippen molar-refractivity contribution in [2.75, 3.05) is 5.73 Å². The molecule has 0 saturated carbocycles. The van der Waals surface area contributed by atoms with Crippen LogP contribution >= 0.6 is 15.9 Å². The van der Waals surface area contributed by atoms with Crippen molar-refractivity contribution >= 4 is 21.7 Å². The van der Waals surface area contributed by atoms with Gasteiger partial charge in [0.05, 0.1) is 10.7 Å². The van der Waals surface area contributed by atoms with Gasteiger partial charge in [0, 0.05) is 6.42 Å². The van der Waals surface area contributed by atoms with Crippen molar-refractivity contribution in [3.05, 3.63) is 34.3 Å². The molecule has 0 radical (unpaired) electrons. The monoisotopic (exact) mass is 269 g/mol. The number of nitrogens with zero attached hydrogens (tertiary/aromatic N) is 2. The van der Waals surface area contributed by atoms with Crippen LogP contribution in [0.1, 0.15) is 18.4 Å². The first-order chi connectivity index (χ1) is 7.20. The minimum Gasteiger partial charge on any atom is -0.464 e. The van der Waals surface area contributed by atoms with Gasteiger partial charge in [-0.05, 0) is 28.1 Å². The van der Waals surface area contributed by atoms with Crippen LogP contribution < -0.4 is 5.73 Å². The van der Waals surface area contributed by atoms with Crippen LogP contribution in [0.15, 0.2) is 27.2 Å². The molecular formula is C10H12BrN3O. The Morgan fingerprint density at radius 2 is 2.20 bits per heavy atom. The van der Waals surface area contributed by atoms with Gasteiger partial charge in [0.25, 0.3) is 0 Å². The van der Waals surface area contributed by atoms with Crippen LogP contribution in [0.3, 0.4) is 0 Å². The number of furan rings is 1. The molecule has 0 aliphatic rings. The molecule has 0 aliphatic heterocycles. The van der Waals surface area contributed by atoms with Gasteiger partial charge in [-0.2, -0.15) is 5.10 Å². The maximum absolute atomic E-state index is 5.80. The van der Waals surface area contributed by atoms with E-state index in [4.69, 9.17) is 10.2 Å². The highest BCUT2D eigenvalue weighted by atomic mass is 79.9. The summed E-state index contributed by atoms with van der Waals surface area (Å²) in [4.78, 5) is 0. The summed E-state index contributed by atoms with van der Waals surface area (Å²) in [7, 11) is 0. The van der Waals surface area contributed by atoms with Gasteiger partial charge < -0.3 is 10.2 Å². The second kappa shape index (κ2) is 4.10. The van der Waals surface area contributed by atoms with E-state index in [1.165, 1.54) is 0 Å². The summed E-state index contributed by atoms with van der Waals surface area (Å²) in [5.74, 6) is 2.47. The van der Waals surface area contributed by atoms with E-state index >= 15 is 0 Å². The molecule has 5 heteroatoms. The molecule has 0 saturated heterocycles. The van der Waals surface area contributed by atoms with E-state index in [0.29, 0.717) is 12.4 Å². The molecule has 0 spiro atoms. The van der Waals surface area contributed by atoms with Gasteiger partial charge in [0.15, 0.2) is 0 Å². The Bertz CT molecular complexity index is 461. The molecule has 2 N–H and O–H groups in total. The fraction of sp³-hybridized carbons (Fsp3) is 0.300. The third kappa shape index (κ3) is 2.07. The molecule has 2 rings (SSSR count). The molecule has 0 atom stereocenters. The first kappa shape index (κ1) is 10.3. The summed E-state index contributed by atoms with van der Waals surface area (Å²) < 4.78 is 8.08. The van der Waals surface area contributed by atoms with Crippen molar-refractivity contribution in [2.24, 2.45) is 0 Å².